The maximum Gasteiger partial charge on any atom is 0.223 e. The number of hydrogen-bond acceptors (Lipinski definition) is 5. The van der Waals surface area contributed by atoms with Crippen molar-refractivity contribution in [1.29, 1.82) is 0 Å². The number of carbonyl (C=O) groups excluding carboxylic acids is 1. The Labute approximate surface area is 135 Å². The first-order chi connectivity index (χ1) is 11.3. The number of hydrogen-bond donors (Lipinski definition) is 2. The van der Waals surface area contributed by atoms with E-state index in [4.69, 9.17) is 0 Å². The molecule has 6 nitrogen and oxygen atoms in total. The van der Waals surface area contributed by atoms with Gasteiger partial charge in [-0.2, -0.15) is 0 Å². The van der Waals surface area contributed by atoms with E-state index in [1.807, 2.05) is 25.2 Å². The quantitative estimate of drug-likeness (QED) is 0.853. The van der Waals surface area contributed by atoms with Crippen molar-refractivity contribution in [2.75, 3.05) is 18.9 Å². The molecule has 1 aliphatic rings. The first-order valence-electron chi connectivity index (χ1n) is 8.00. The van der Waals surface area contributed by atoms with Gasteiger partial charge in [0.15, 0.2) is 5.82 Å². The van der Waals surface area contributed by atoms with Crippen LogP contribution < -0.4 is 10.6 Å². The molecule has 1 aliphatic carbocycles. The van der Waals surface area contributed by atoms with Gasteiger partial charge >= 0.3 is 0 Å². The molecule has 0 aliphatic heterocycles. The maximum absolute atomic E-state index is 11.9. The van der Waals surface area contributed by atoms with Crippen LogP contribution in [0.25, 0.3) is 11.4 Å². The second-order valence-electron chi connectivity index (χ2n) is 5.72. The van der Waals surface area contributed by atoms with Crippen molar-refractivity contribution in [2.45, 2.75) is 25.7 Å². The minimum atomic E-state index is 0.175. The SMILES string of the molecule is CNc1cc(CCNC(=O)C2CCC2)nc(-c2ccncc2)n1. The lowest BCUT2D eigenvalue weighted by Crippen LogP contribution is -2.35. The lowest BCUT2D eigenvalue weighted by molar-refractivity contribution is -0.127. The van der Waals surface area contributed by atoms with Gasteiger partial charge in [0.05, 0.1) is 0 Å². The lowest BCUT2D eigenvalue weighted by atomic mass is 9.85. The topological polar surface area (TPSA) is 79.8 Å². The molecular formula is C17H21N5O. The number of rotatable bonds is 6. The van der Waals surface area contributed by atoms with Crippen LogP contribution in [0.5, 0.6) is 0 Å². The van der Waals surface area contributed by atoms with Gasteiger partial charge in [-0.15, -0.1) is 0 Å². The van der Waals surface area contributed by atoms with Crippen molar-refractivity contribution in [1.82, 2.24) is 20.3 Å². The summed E-state index contributed by atoms with van der Waals surface area (Å²) in [5.41, 5.74) is 1.84. The Kier molecular flexibility index (Phi) is 4.80. The largest absolute Gasteiger partial charge is 0.373 e. The standard InChI is InChI=1S/C17H21N5O/c1-18-15-11-14(7-10-20-17(23)13-3-2-4-13)21-16(22-15)12-5-8-19-9-6-12/h5-6,8-9,11,13H,2-4,7,10H2,1H3,(H,20,23)(H,18,21,22). The lowest BCUT2D eigenvalue weighted by Gasteiger charge is -2.23. The number of pyridine rings is 1. The highest BCUT2D eigenvalue weighted by Crippen LogP contribution is 2.26. The van der Waals surface area contributed by atoms with Gasteiger partial charge in [0.1, 0.15) is 5.82 Å². The molecular weight excluding hydrogens is 290 g/mol. The van der Waals surface area contributed by atoms with Crippen molar-refractivity contribution < 1.29 is 4.79 Å². The van der Waals surface area contributed by atoms with Gasteiger partial charge in [-0.25, -0.2) is 9.97 Å². The van der Waals surface area contributed by atoms with Crippen LogP contribution in [0.1, 0.15) is 25.0 Å². The molecule has 6 heteroatoms. The Balaban J connectivity index is 1.67. The minimum absolute atomic E-state index is 0.175. The van der Waals surface area contributed by atoms with E-state index in [2.05, 4.69) is 25.6 Å². The highest BCUT2D eigenvalue weighted by atomic mass is 16.1. The summed E-state index contributed by atoms with van der Waals surface area (Å²) in [5, 5.41) is 6.06. The predicted molar refractivity (Wildman–Crippen MR) is 88.9 cm³/mol. The van der Waals surface area contributed by atoms with Gasteiger partial charge in [-0.05, 0) is 25.0 Å². The molecule has 2 heterocycles. The molecule has 0 unspecified atom stereocenters. The average Bonchev–Trinajstić information content (AvgIpc) is 2.54. The summed E-state index contributed by atoms with van der Waals surface area (Å²) in [6, 6.07) is 5.69. The van der Waals surface area contributed by atoms with Gasteiger partial charge in [0.25, 0.3) is 0 Å². The first-order valence-corrected chi connectivity index (χ1v) is 8.00. The zero-order valence-corrected chi connectivity index (χ0v) is 13.2. The smallest absolute Gasteiger partial charge is 0.223 e. The number of anilines is 1. The van der Waals surface area contributed by atoms with Gasteiger partial charge < -0.3 is 10.6 Å². The summed E-state index contributed by atoms with van der Waals surface area (Å²) in [6.07, 6.45) is 7.36. The molecule has 120 valence electrons. The molecule has 2 N–H and O–H groups in total. The fraction of sp³-hybridized carbons (Fsp3) is 0.412. The molecule has 0 radical (unpaired) electrons. The number of amides is 1. The number of aromatic nitrogens is 3. The van der Waals surface area contributed by atoms with Crippen molar-refractivity contribution >= 4 is 11.7 Å². The third-order valence-corrected chi connectivity index (χ3v) is 4.13. The van der Waals surface area contributed by atoms with E-state index >= 15 is 0 Å². The third kappa shape index (κ3) is 3.83. The Hall–Kier alpha value is -2.50. The predicted octanol–water partition coefficient (Wildman–Crippen LogP) is 2.04. The molecule has 2 aromatic heterocycles. The van der Waals surface area contributed by atoms with Gasteiger partial charge in [-0.1, -0.05) is 6.42 Å². The van der Waals surface area contributed by atoms with E-state index in [0.717, 1.165) is 29.9 Å². The summed E-state index contributed by atoms with van der Waals surface area (Å²) in [4.78, 5) is 25.0. The van der Waals surface area contributed by atoms with Crippen LogP contribution in [-0.4, -0.2) is 34.5 Å². The van der Waals surface area contributed by atoms with Crippen molar-refractivity contribution in [2.24, 2.45) is 5.92 Å². The van der Waals surface area contributed by atoms with E-state index in [0.29, 0.717) is 18.8 Å². The molecule has 0 atom stereocenters. The van der Waals surface area contributed by atoms with E-state index in [9.17, 15) is 4.79 Å². The highest BCUT2D eigenvalue weighted by Gasteiger charge is 2.24. The van der Waals surface area contributed by atoms with Crippen molar-refractivity contribution in [3.63, 3.8) is 0 Å². The van der Waals surface area contributed by atoms with Crippen LogP contribution in [0.2, 0.25) is 0 Å². The minimum Gasteiger partial charge on any atom is -0.373 e. The fourth-order valence-electron chi connectivity index (χ4n) is 2.51. The van der Waals surface area contributed by atoms with Crippen LogP contribution in [0, 0.1) is 5.92 Å². The summed E-state index contributed by atoms with van der Waals surface area (Å²) in [6.45, 7) is 0.602. The van der Waals surface area contributed by atoms with E-state index in [-0.39, 0.29) is 11.8 Å². The summed E-state index contributed by atoms with van der Waals surface area (Å²) in [5.74, 6) is 1.83. The van der Waals surface area contributed by atoms with Crippen molar-refractivity contribution in [3.05, 3.63) is 36.3 Å². The van der Waals surface area contributed by atoms with Crippen molar-refractivity contribution in [3.8, 4) is 11.4 Å². The second kappa shape index (κ2) is 7.17. The molecule has 1 amide bonds. The average molecular weight is 311 g/mol. The number of nitrogens with one attached hydrogen (secondary N) is 2. The van der Waals surface area contributed by atoms with E-state index in [1.165, 1.54) is 6.42 Å². The molecule has 0 aromatic carbocycles. The normalized spacial score (nSPS) is 14.1. The van der Waals surface area contributed by atoms with Gasteiger partial charge in [0, 0.05) is 55.6 Å². The summed E-state index contributed by atoms with van der Waals surface area (Å²) in [7, 11) is 1.83. The third-order valence-electron chi connectivity index (χ3n) is 4.13. The zero-order valence-electron chi connectivity index (χ0n) is 13.2. The maximum atomic E-state index is 11.9. The van der Waals surface area contributed by atoms with Crippen LogP contribution in [0.3, 0.4) is 0 Å². The molecule has 0 bridgehead atoms. The van der Waals surface area contributed by atoms with E-state index < -0.39 is 0 Å². The summed E-state index contributed by atoms with van der Waals surface area (Å²) < 4.78 is 0. The van der Waals surface area contributed by atoms with Gasteiger partial charge in [0.2, 0.25) is 5.91 Å². The van der Waals surface area contributed by atoms with Gasteiger partial charge in [-0.3, -0.25) is 9.78 Å². The fourth-order valence-corrected chi connectivity index (χ4v) is 2.51. The van der Waals surface area contributed by atoms with Crippen LogP contribution in [-0.2, 0) is 11.2 Å². The molecule has 1 saturated carbocycles. The molecule has 23 heavy (non-hydrogen) atoms. The Morgan fingerprint density at radius 2 is 2.04 bits per heavy atom. The van der Waals surface area contributed by atoms with Crippen LogP contribution in [0.15, 0.2) is 30.6 Å². The number of nitrogens with zero attached hydrogens (tertiary/aromatic N) is 3. The molecule has 3 rings (SSSR count). The molecule has 1 fully saturated rings. The first kappa shape index (κ1) is 15.4. The molecule has 0 spiro atoms. The second-order valence-corrected chi connectivity index (χ2v) is 5.72. The molecule has 2 aromatic rings. The highest BCUT2D eigenvalue weighted by molar-refractivity contribution is 5.79. The zero-order chi connectivity index (χ0) is 16.1. The van der Waals surface area contributed by atoms with E-state index in [1.54, 1.807) is 12.4 Å². The Morgan fingerprint density at radius 3 is 2.70 bits per heavy atom. The molecule has 0 saturated heterocycles. The monoisotopic (exact) mass is 311 g/mol. The Morgan fingerprint density at radius 1 is 1.26 bits per heavy atom. The summed E-state index contributed by atoms with van der Waals surface area (Å²) >= 11 is 0. The number of carbonyl (C=O) groups is 1. The van der Waals surface area contributed by atoms with Crippen LogP contribution >= 0.6 is 0 Å². The Bertz CT molecular complexity index is 670. The van der Waals surface area contributed by atoms with Crippen LogP contribution in [0.4, 0.5) is 5.82 Å².